The number of piperidine rings is 1. The summed E-state index contributed by atoms with van der Waals surface area (Å²) in [5.74, 6) is -0.953. The number of carbonyl (C=O) groups excluding carboxylic acids is 2. The molecule has 1 aliphatic rings. The molecule has 3 heterocycles. The molecule has 1 amide bonds. The Balaban J connectivity index is 1.99. The minimum atomic E-state index is -0.893. The smallest absolute Gasteiger partial charge is 0.407 e. The third-order valence-electron chi connectivity index (χ3n) is 7.01. The van der Waals surface area contributed by atoms with Gasteiger partial charge in [-0.1, -0.05) is 11.6 Å². The number of esters is 1. The lowest BCUT2D eigenvalue weighted by Gasteiger charge is -2.36. The van der Waals surface area contributed by atoms with Crippen LogP contribution in [0.4, 0.5) is 15.0 Å². The number of fused-ring (bicyclic) bond motifs is 1. The van der Waals surface area contributed by atoms with Crippen LogP contribution >= 0.6 is 11.6 Å². The summed E-state index contributed by atoms with van der Waals surface area (Å²) < 4.78 is 29.4. The average molecular weight is 620 g/mol. The van der Waals surface area contributed by atoms with Gasteiger partial charge in [0.05, 0.1) is 12.1 Å². The van der Waals surface area contributed by atoms with Gasteiger partial charge in [-0.15, -0.1) is 0 Å². The Bertz CT molecular complexity index is 1690. The summed E-state index contributed by atoms with van der Waals surface area (Å²) in [5.41, 5.74) is -2.31. The number of alkyl carbamates (subject to hydrolysis) is 1. The van der Waals surface area contributed by atoms with Crippen molar-refractivity contribution in [2.24, 2.45) is 14.1 Å². The monoisotopic (exact) mass is 619 g/mol. The molecule has 1 fully saturated rings. The highest BCUT2D eigenvalue weighted by molar-refractivity contribution is 6.31. The molecule has 1 saturated heterocycles. The number of anilines is 1. The van der Waals surface area contributed by atoms with Crippen LogP contribution in [-0.2, 0) is 30.1 Å². The summed E-state index contributed by atoms with van der Waals surface area (Å²) >= 11 is 6.47. The Morgan fingerprint density at radius 1 is 1.02 bits per heavy atom. The predicted octanol–water partition coefficient (Wildman–Crippen LogP) is 4.33. The van der Waals surface area contributed by atoms with E-state index in [0.717, 1.165) is 4.57 Å². The van der Waals surface area contributed by atoms with Crippen molar-refractivity contribution in [3.05, 3.63) is 61.0 Å². The van der Waals surface area contributed by atoms with E-state index < -0.39 is 40.3 Å². The molecule has 3 aromatic rings. The largest absolute Gasteiger partial charge is 0.456 e. The molecule has 11 nitrogen and oxygen atoms in total. The molecule has 2 aromatic heterocycles. The molecule has 1 N–H and O–H groups in total. The molecule has 43 heavy (non-hydrogen) atoms. The summed E-state index contributed by atoms with van der Waals surface area (Å²) in [4.78, 5) is 55.3. The van der Waals surface area contributed by atoms with E-state index in [0.29, 0.717) is 30.8 Å². The van der Waals surface area contributed by atoms with Gasteiger partial charge in [-0.2, -0.15) is 0 Å². The van der Waals surface area contributed by atoms with Crippen molar-refractivity contribution in [1.29, 1.82) is 0 Å². The molecule has 0 saturated carbocycles. The van der Waals surface area contributed by atoms with Gasteiger partial charge in [0, 0.05) is 38.2 Å². The number of aromatic nitrogens is 3. The van der Waals surface area contributed by atoms with Crippen molar-refractivity contribution in [3.63, 3.8) is 0 Å². The first-order valence-corrected chi connectivity index (χ1v) is 14.5. The van der Waals surface area contributed by atoms with E-state index in [9.17, 15) is 23.6 Å². The lowest BCUT2D eigenvalue weighted by atomic mass is 10.1. The van der Waals surface area contributed by atoms with E-state index >= 15 is 0 Å². The fourth-order valence-corrected chi connectivity index (χ4v) is 5.48. The van der Waals surface area contributed by atoms with Crippen molar-refractivity contribution < 1.29 is 23.5 Å². The number of halogens is 2. The Morgan fingerprint density at radius 2 is 1.67 bits per heavy atom. The van der Waals surface area contributed by atoms with Crippen LogP contribution in [0.15, 0.2) is 27.8 Å². The fourth-order valence-electron chi connectivity index (χ4n) is 5.30. The molecule has 0 aliphatic carbocycles. The molecule has 0 spiro atoms. The molecule has 1 aromatic carbocycles. The summed E-state index contributed by atoms with van der Waals surface area (Å²) in [7, 11) is 2.83. The summed E-state index contributed by atoms with van der Waals surface area (Å²) in [5, 5.41) is 3.16. The Kier molecular flexibility index (Phi) is 8.74. The van der Waals surface area contributed by atoms with Gasteiger partial charge in [-0.25, -0.2) is 18.8 Å². The molecule has 0 radical (unpaired) electrons. The van der Waals surface area contributed by atoms with Crippen LogP contribution < -0.4 is 21.5 Å². The van der Waals surface area contributed by atoms with Crippen LogP contribution in [0.1, 0.15) is 70.3 Å². The highest BCUT2D eigenvalue weighted by Crippen LogP contribution is 2.36. The Labute approximate surface area is 254 Å². The maximum absolute atomic E-state index is 14.4. The Morgan fingerprint density at radius 3 is 2.30 bits per heavy atom. The molecule has 1 aliphatic heterocycles. The van der Waals surface area contributed by atoms with E-state index in [1.165, 1.54) is 36.9 Å². The van der Waals surface area contributed by atoms with Gasteiger partial charge < -0.3 is 24.3 Å². The number of rotatable bonds is 5. The van der Waals surface area contributed by atoms with Crippen LogP contribution in [0.3, 0.4) is 0 Å². The minimum absolute atomic E-state index is 0.0210. The highest BCUT2D eigenvalue weighted by Gasteiger charge is 2.36. The van der Waals surface area contributed by atoms with Gasteiger partial charge in [-0.3, -0.25) is 13.9 Å². The van der Waals surface area contributed by atoms with E-state index in [4.69, 9.17) is 21.1 Å². The normalized spacial score (nSPS) is 16.0. The summed E-state index contributed by atoms with van der Waals surface area (Å²) in [6.45, 7) is 11.1. The topological polar surface area (TPSA) is 117 Å². The number of carbonyl (C=O) groups is 2. The van der Waals surface area contributed by atoms with Gasteiger partial charge >= 0.3 is 17.8 Å². The van der Waals surface area contributed by atoms with Crippen molar-refractivity contribution in [2.75, 3.05) is 18.0 Å². The van der Waals surface area contributed by atoms with Crippen molar-refractivity contribution in [3.8, 4) is 0 Å². The molecule has 0 bridgehead atoms. The van der Waals surface area contributed by atoms with Gasteiger partial charge in [0.1, 0.15) is 33.9 Å². The SMILES string of the molecule is Cn1c(=O)c2c(c(C(=O)OC(C)(C)C)c(N3CCC[C@@H](NC(=O)OC(C)(C)C)C3)n2Cc2cc(F)ccc2Cl)n(C)c1=O. The predicted molar refractivity (Wildman–Crippen MR) is 163 cm³/mol. The van der Waals surface area contributed by atoms with Gasteiger partial charge in [0.15, 0.2) is 0 Å². The number of ether oxygens (including phenoxy) is 2. The standard InChI is InChI=1S/C30H39ClFN5O6/c1-29(2,3)42-26(39)21-22-23(25(38)35(8)28(41)34(22)7)37(15-17-14-18(32)11-12-20(17)31)24(21)36-13-9-10-19(16-36)33-27(40)43-30(4,5)6/h11-12,14,19H,9-10,13,15-16H2,1-8H3,(H,33,40)/t19-/m1/s1. The number of nitrogens with zero attached hydrogens (tertiary/aromatic N) is 4. The maximum Gasteiger partial charge on any atom is 0.407 e. The van der Waals surface area contributed by atoms with E-state index in [1.54, 1.807) is 46.1 Å². The first-order chi connectivity index (χ1) is 19.9. The second kappa shape index (κ2) is 11.7. The highest BCUT2D eigenvalue weighted by atomic mass is 35.5. The van der Waals surface area contributed by atoms with E-state index in [2.05, 4.69) is 5.32 Å². The number of hydrogen-bond acceptors (Lipinski definition) is 7. The van der Waals surface area contributed by atoms with Crippen LogP contribution in [0, 0.1) is 5.82 Å². The second-order valence-corrected chi connectivity index (χ2v) is 13.3. The van der Waals surface area contributed by atoms with E-state index in [-0.39, 0.29) is 40.8 Å². The number of aryl methyl sites for hydroxylation is 1. The van der Waals surface area contributed by atoms with Crippen LogP contribution in [0.5, 0.6) is 0 Å². The number of nitrogens with one attached hydrogen (secondary N) is 1. The van der Waals surface area contributed by atoms with Gasteiger partial charge in [-0.05, 0) is 78.1 Å². The van der Waals surface area contributed by atoms with Crippen LogP contribution in [0.2, 0.25) is 5.02 Å². The molecule has 234 valence electrons. The molecule has 13 heteroatoms. The van der Waals surface area contributed by atoms with Crippen LogP contribution in [0.25, 0.3) is 11.0 Å². The molecule has 4 rings (SSSR count). The second-order valence-electron chi connectivity index (χ2n) is 12.9. The summed E-state index contributed by atoms with van der Waals surface area (Å²) in [6, 6.07) is 3.56. The minimum Gasteiger partial charge on any atom is -0.456 e. The van der Waals surface area contributed by atoms with Crippen LogP contribution in [-0.4, -0.2) is 56.1 Å². The zero-order valence-electron chi connectivity index (χ0n) is 25.8. The quantitative estimate of drug-likeness (QED) is 0.423. The molecule has 0 unspecified atom stereocenters. The van der Waals surface area contributed by atoms with Gasteiger partial charge in [0.25, 0.3) is 5.56 Å². The lowest BCUT2D eigenvalue weighted by molar-refractivity contribution is 0.00712. The first-order valence-electron chi connectivity index (χ1n) is 14.1. The summed E-state index contributed by atoms with van der Waals surface area (Å²) in [6.07, 6.45) is 0.705. The first kappa shape index (κ1) is 32.1. The fraction of sp³-hybridized carbons (Fsp3) is 0.533. The third-order valence-corrected chi connectivity index (χ3v) is 7.38. The van der Waals surface area contributed by atoms with E-state index in [1.807, 2.05) is 4.90 Å². The van der Waals surface area contributed by atoms with Gasteiger partial charge in [0.2, 0.25) is 0 Å². The molecular formula is C30H39ClFN5O6. The Hall–Kier alpha value is -3.80. The molecular weight excluding hydrogens is 581 g/mol. The third kappa shape index (κ3) is 6.90. The molecule has 1 atom stereocenters. The zero-order chi connectivity index (χ0) is 32.0. The maximum atomic E-state index is 14.4. The number of hydrogen-bond donors (Lipinski definition) is 1. The average Bonchev–Trinajstić information content (AvgIpc) is 3.21. The number of amides is 1. The van der Waals surface area contributed by atoms with Crippen molar-refractivity contribution in [1.82, 2.24) is 19.0 Å². The number of benzene rings is 1. The van der Waals surface area contributed by atoms with Crippen molar-refractivity contribution >= 4 is 40.5 Å². The van der Waals surface area contributed by atoms with Crippen molar-refractivity contribution in [2.45, 2.75) is 78.2 Å². The lowest BCUT2D eigenvalue weighted by Crippen LogP contribution is -2.49. The zero-order valence-corrected chi connectivity index (χ0v) is 26.6.